The Balaban J connectivity index is 1.58. The minimum atomic E-state index is 1.06. The van der Waals surface area contributed by atoms with Crippen LogP contribution in [0.1, 0.15) is 77.6 Å². The van der Waals surface area contributed by atoms with Crippen LogP contribution >= 0.6 is 22.6 Å². The monoisotopic (exact) mass is 362 g/mol. The lowest BCUT2D eigenvalue weighted by molar-refractivity contribution is 0.221. The second-order valence-electron chi connectivity index (χ2n) is 6.91. The van der Waals surface area contributed by atoms with Gasteiger partial charge in [0.25, 0.3) is 0 Å². The first-order valence-electron chi connectivity index (χ1n) is 8.37. The lowest BCUT2D eigenvalue weighted by atomic mass is 9.75. The fourth-order valence-corrected chi connectivity index (χ4v) is 4.96. The molecule has 0 aromatic heterocycles. The molecular formula is C17H31I. The molecular weight excluding hydrogens is 331 g/mol. The van der Waals surface area contributed by atoms with E-state index in [9.17, 15) is 0 Å². The van der Waals surface area contributed by atoms with Crippen LogP contribution in [-0.2, 0) is 0 Å². The summed E-state index contributed by atoms with van der Waals surface area (Å²) >= 11 is 2.58. The number of halogens is 1. The SMILES string of the molecule is CC[C@H]1CC[C@H](CC[C@H]2CC[C@H](CI)CC2)CC1. The summed E-state index contributed by atoms with van der Waals surface area (Å²) in [6.07, 6.45) is 16.8. The van der Waals surface area contributed by atoms with E-state index in [-0.39, 0.29) is 0 Å². The van der Waals surface area contributed by atoms with Crippen molar-refractivity contribution in [3.63, 3.8) is 0 Å². The van der Waals surface area contributed by atoms with Gasteiger partial charge in [-0.25, -0.2) is 0 Å². The van der Waals surface area contributed by atoms with Gasteiger partial charge < -0.3 is 0 Å². The van der Waals surface area contributed by atoms with Crippen molar-refractivity contribution in [2.75, 3.05) is 4.43 Å². The zero-order valence-corrected chi connectivity index (χ0v) is 14.3. The quantitative estimate of drug-likeness (QED) is 0.402. The Morgan fingerprint density at radius 1 is 0.667 bits per heavy atom. The molecule has 0 saturated heterocycles. The maximum atomic E-state index is 2.58. The van der Waals surface area contributed by atoms with E-state index in [4.69, 9.17) is 0 Å². The molecule has 0 unspecified atom stereocenters. The second kappa shape index (κ2) is 8.11. The molecule has 0 amide bonds. The highest BCUT2D eigenvalue weighted by molar-refractivity contribution is 14.1. The van der Waals surface area contributed by atoms with Crippen LogP contribution in [0.5, 0.6) is 0 Å². The standard InChI is InChI=1S/C17H31I/c1-2-14-3-5-15(6-4-14)7-8-16-9-11-17(13-18)12-10-16/h14-17H,2-13H2,1H3/t14-,15-,16-,17-. The van der Waals surface area contributed by atoms with Gasteiger partial charge >= 0.3 is 0 Å². The predicted molar refractivity (Wildman–Crippen MR) is 89.3 cm³/mol. The van der Waals surface area contributed by atoms with Gasteiger partial charge in [-0.05, 0) is 36.5 Å². The third kappa shape index (κ3) is 4.68. The van der Waals surface area contributed by atoms with E-state index in [1.54, 1.807) is 25.7 Å². The van der Waals surface area contributed by atoms with Gasteiger partial charge in [0.15, 0.2) is 0 Å². The summed E-state index contributed by atoms with van der Waals surface area (Å²) in [5.41, 5.74) is 0. The van der Waals surface area contributed by atoms with Crippen molar-refractivity contribution in [1.82, 2.24) is 0 Å². The summed E-state index contributed by atoms with van der Waals surface area (Å²) in [4.78, 5) is 0. The highest BCUT2D eigenvalue weighted by Gasteiger charge is 2.23. The van der Waals surface area contributed by atoms with Crippen LogP contribution in [-0.4, -0.2) is 4.43 Å². The Labute approximate surface area is 128 Å². The average Bonchev–Trinajstić information content (AvgIpc) is 2.46. The van der Waals surface area contributed by atoms with Crippen LogP contribution in [0.4, 0.5) is 0 Å². The Morgan fingerprint density at radius 3 is 1.44 bits per heavy atom. The van der Waals surface area contributed by atoms with Gasteiger partial charge in [0.05, 0.1) is 0 Å². The highest BCUT2D eigenvalue weighted by Crippen LogP contribution is 2.37. The zero-order chi connectivity index (χ0) is 12.8. The van der Waals surface area contributed by atoms with E-state index in [1.807, 2.05) is 0 Å². The molecule has 106 valence electrons. The molecule has 2 aliphatic carbocycles. The van der Waals surface area contributed by atoms with Crippen LogP contribution in [0.2, 0.25) is 0 Å². The van der Waals surface area contributed by atoms with Crippen LogP contribution in [0.3, 0.4) is 0 Å². The van der Waals surface area contributed by atoms with Crippen molar-refractivity contribution < 1.29 is 0 Å². The predicted octanol–water partition coefficient (Wildman–Crippen LogP) is 6.22. The van der Waals surface area contributed by atoms with Crippen molar-refractivity contribution in [1.29, 1.82) is 0 Å². The first-order chi connectivity index (χ1) is 8.81. The molecule has 18 heavy (non-hydrogen) atoms. The van der Waals surface area contributed by atoms with Crippen LogP contribution in [0.25, 0.3) is 0 Å². The van der Waals surface area contributed by atoms with Crippen molar-refractivity contribution >= 4 is 22.6 Å². The smallest absolute Gasteiger partial charge is 0.00237 e. The van der Waals surface area contributed by atoms with Crippen molar-refractivity contribution in [2.45, 2.75) is 77.6 Å². The number of hydrogen-bond donors (Lipinski definition) is 0. The van der Waals surface area contributed by atoms with Crippen LogP contribution < -0.4 is 0 Å². The molecule has 0 heterocycles. The molecule has 0 spiro atoms. The van der Waals surface area contributed by atoms with Gasteiger partial charge in [-0.3, -0.25) is 0 Å². The summed E-state index contributed by atoms with van der Waals surface area (Å²) < 4.78 is 1.39. The fourth-order valence-electron chi connectivity index (χ4n) is 4.07. The largest absolute Gasteiger partial charge is 0.0861 e. The zero-order valence-electron chi connectivity index (χ0n) is 12.2. The maximum absolute atomic E-state index is 2.58. The molecule has 2 fully saturated rings. The summed E-state index contributed by atoms with van der Waals surface area (Å²) in [5.74, 6) is 4.31. The first-order valence-corrected chi connectivity index (χ1v) is 9.90. The van der Waals surface area contributed by atoms with E-state index in [0.717, 1.165) is 23.7 Å². The van der Waals surface area contributed by atoms with Gasteiger partial charge in [0.1, 0.15) is 0 Å². The van der Waals surface area contributed by atoms with Gasteiger partial charge in [-0.1, -0.05) is 87.3 Å². The summed E-state index contributed by atoms with van der Waals surface area (Å²) in [6, 6.07) is 0. The summed E-state index contributed by atoms with van der Waals surface area (Å²) in [7, 11) is 0. The average molecular weight is 362 g/mol. The third-order valence-electron chi connectivity index (χ3n) is 5.71. The van der Waals surface area contributed by atoms with E-state index in [0.29, 0.717) is 0 Å². The molecule has 2 aliphatic rings. The molecule has 0 bridgehead atoms. The topological polar surface area (TPSA) is 0 Å². The van der Waals surface area contributed by atoms with Gasteiger partial charge in [0.2, 0.25) is 0 Å². The Morgan fingerprint density at radius 2 is 1.06 bits per heavy atom. The lowest BCUT2D eigenvalue weighted by Crippen LogP contribution is -2.18. The van der Waals surface area contributed by atoms with E-state index >= 15 is 0 Å². The van der Waals surface area contributed by atoms with Gasteiger partial charge in [-0.2, -0.15) is 0 Å². The molecule has 2 rings (SSSR count). The molecule has 0 radical (unpaired) electrons. The van der Waals surface area contributed by atoms with E-state index in [1.165, 1.54) is 49.4 Å². The summed E-state index contributed by atoms with van der Waals surface area (Å²) in [6.45, 7) is 2.37. The lowest BCUT2D eigenvalue weighted by Gasteiger charge is -2.31. The first kappa shape index (κ1) is 15.1. The fraction of sp³-hybridized carbons (Fsp3) is 1.00. The van der Waals surface area contributed by atoms with Gasteiger partial charge in [0, 0.05) is 4.43 Å². The van der Waals surface area contributed by atoms with Crippen LogP contribution in [0, 0.1) is 23.7 Å². The molecule has 2 saturated carbocycles. The van der Waals surface area contributed by atoms with Gasteiger partial charge in [-0.15, -0.1) is 0 Å². The number of alkyl halides is 1. The number of rotatable bonds is 5. The summed E-state index contributed by atoms with van der Waals surface area (Å²) in [5, 5.41) is 0. The van der Waals surface area contributed by atoms with Crippen LogP contribution in [0.15, 0.2) is 0 Å². The van der Waals surface area contributed by atoms with Crippen molar-refractivity contribution in [3.05, 3.63) is 0 Å². The number of hydrogen-bond acceptors (Lipinski definition) is 0. The highest BCUT2D eigenvalue weighted by atomic mass is 127. The minimum absolute atomic E-state index is 1.06. The Kier molecular flexibility index (Phi) is 6.82. The normalized spacial score (nSPS) is 37.7. The maximum Gasteiger partial charge on any atom is 0.00237 e. The molecule has 0 atom stereocenters. The third-order valence-corrected chi connectivity index (χ3v) is 6.96. The second-order valence-corrected chi connectivity index (χ2v) is 7.79. The minimum Gasteiger partial charge on any atom is -0.0861 e. The molecule has 0 aromatic carbocycles. The molecule has 0 aromatic rings. The van der Waals surface area contributed by atoms with Crippen molar-refractivity contribution in [3.8, 4) is 0 Å². The molecule has 0 nitrogen and oxygen atoms in total. The van der Waals surface area contributed by atoms with Crippen molar-refractivity contribution in [2.24, 2.45) is 23.7 Å². The molecule has 0 aliphatic heterocycles. The molecule has 0 N–H and O–H groups in total. The van der Waals surface area contributed by atoms with E-state index < -0.39 is 0 Å². The van der Waals surface area contributed by atoms with E-state index in [2.05, 4.69) is 29.5 Å². The Bertz CT molecular complexity index is 186. The molecule has 1 heteroatoms. The Hall–Kier alpha value is 0.730.